The first kappa shape index (κ1) is 17.7. The first-order valence-electron chi connectivity index (χ1n) is 7.95. The van der Waals surface area contributed by atoms with E-state index >= 15 is 0 Å². The number of carbonyl (C=O) groups excluding carboxylic acids is 2. The van der Waals surface area contributed by atoms with Gasteiger partial charge < -0.3 is 10.6 Å². The van der Waals surface area contributed by atoms with E-state index in [9.17, 15) is 9.59 Å². The van der Waals surface area contributed by atoms with Crippen molar-refractivity contribution in [3.05, 3.63) is 71.0 Å². The lowest BCUT2D eigenvalue weighted by molar-refractivity contribution is -0.114. The number of hydrogen-bond acceptors (Lipinski definition) is 3. The molecule has 1 aromatic heterocycles. The van der Waals surface area contributed by atoms with Gasteiger partial charge in [0.15, 0.2) is 0 Å². The summed E-state index contributed by atoms with van der Waals surface area (Å²) in [5.74, 6) is -0.500. The molecule has 0 spiro atoms. The third kappa shape index (κ3) is 3.75. The molecule has 0 bridgehead atoms. The van der Waals surface area contributed by atoms with E-state index in [-0.39, 0.29) is 17.0 Å². The second kappa shape index (κ2) is 7.41. The predicted molar refractivity (Wildman–Crippen MR) is 102 cm³/mol. The Kier molecular flexibility index (Phi) is 5.04. The maximum atomic E-state index is 12.6. The molecule has 6 nitrogen and oxygen atoms in total. The predicted octanol–water partition coefficient (Wildman–Crippen LogP) is 4.04. The molecule has 0 saturated carbocycles. The van der Waals surface area contributed by atoms with Crippen molar-refractivity contribution in [2.75, 3.05) is 10.6 Å². The summed E-state index contributed by atoms with van der Waals surface area (Å²) in [7, 11) is 0. The maximum Gasteiger partial charge on any atom is 0.260 e. The van der Waals surface area contributed by atoms with Gasteiger partial charge in [0.05, 0.1) is 11.4 Å². The van der Waals surface area contributed by atoms with Crippen LogP contribution in [0.15, 0.2) is 54.6 Å². The van der Waals surface area contributed by atoms with Crippen molar-refractivity contribution in [3.8, 4) is 5.69 Å². The fourth-order valence-corrected chi connectivity index (χ4v) is 2.89. The Hall–Kier alpha value is -3.12. The van der Waals surface area contributed by atoms with Crippen LogP contribution in [0.1, 0.15) is 23.0 Å². The molecule has 3 rings (SSSR count). The molecule has 1 heterocycles. The number of nitrogens with one attached hydrogen (secondary N) is 2. The average molecular weight is 369 g/mol. The van der Waals surface area contributed by atoms with Crippen molar-refractivity contribution in [1.82, 2.24) is 9.78 Å². The Morgan fingerprint density at radius 1 is 0.962 bits per heavy atom. The zero-order chi connectivity index (χ0) is 18.7. The summed E-state index contributed by atoms with van der Waals surface area (Å²) in [5.41, 5.74) is 2.88. The third-order valence-electron chi connectivity index (χ3n) is 3.70. The summed E-state index contributed by atoms with van der Waals surface area (Å²) in [6, 6.07) is 16.2. The SMILES string of the molecule is CC(=O)Nc1ccc(NC(=O)c2c(C)nn(-c3ccccc3)c2Cl)cc1. The highest BCUT2D eigenvalue weighted by atomic mass is 35.5. The largest absolute Gasteiger partial charge is 0.326 e. The molecule has 0 atom stereocenters. The van der Waals surface area contributed by atoms with Gasteiger partial charge in [-0.25, -0.2) is 4.68 Å². The van der Waals surface area contributed by atoms with Gasteiger partial charge in [-0.15, -0.1) is 0 Å². The summed E-state index contributed by atoms with van der Waals surface area (Å²) in [6.45, 7) is 3.17. The molecular weight excluding hydrogens is 352 g/mol. The topological polar surface area (TPSA) is 76.0 Å². The zero-order valence-corrected chi connectivity index (χ0v) is 15.0. The molecule has 0 unspecified atom stereocenters. The Balaban J connectivity index is 1.82. The standard InChI is InChI=1S/C19H17ClN4O2/c1-12-17(18(20)24(23-12)16-6-4-3-5-7-16)19(26)22-15-10-8-14(9-11-15)21-13(2)25/h3-11H,1-2H3,(H,21,25)(H,22,26). The minimum absolute atomic E-state index is 0.155. The van der Waals surface area contributed by atoms with Crippen LogP contribution in [0.3, 0.4) is 0 Å². The number of nitrogens with zero attached hydrogens (tertiary/aromatic N) is 2. The number of para-hydroxylation sites is 1. The number of aromatic nitrogens is 2. The second-order valence-electron chi connectivity index (χ2n) is 5.71. The van der Waals surface area contributed by atoms with Gasteiger partial charge in [-0.2, -0.15) is 5.10 Å². The van der Waals surface area contributed by atoms with Gasteiger partial charge in [-0.1, -0.05) is 29.8 Å². The summed E-state index contributed by atoms with van der Waals surface area (Å²) in [6.07, 6.45) is 0. The zero-order valence-electron chi connectivity index (χ0n) is 14.3. The van der Waals surface area contributed by atoms with Gasteiger partial charge in [0.1, 0.15) is 10.7 Å². The van der Waals surface area contributed by atoms with Crippen LogP contribution >= 0.6 is 11.6 Å². The lowest BCUT2D eigenvalue weighted by Crippen LogP contribution is -2.13. The van der Waals surface area contributed by atoms with Gasteiger partial charge >= 0.3 is 0 Å². The van der Waals surface area contributed by atoms with Crippen LogP contribution < -0.4 is 10.6 Å². The van der Waals surface area contributed by atoms with Crippen LogP contribution in [0.4, 0.5) is 11.4 Å². The van der Waals surface area contributed by atoms with E-state index in [4.69, 9.17) is 11.6 Å². The van der Waals surface area contributed by atoms with Gasteiger partial charge in [-0.05, 0) is 43.3 Å². The third-order valence-corrected chi connectivity index (χ3v) is 4.04. The fourth-order valence-electron chi connectivity index (χ4n) is 2.53. The fraction of sp³-hybridized carbons (Fsp3) is 0.105. The number of halogens is 1. The van der Waals surface area contributed by atoms with Crippen LogP contribution in [0.5, 0.6) is 0 Å². The average Bonchev–Trinajstić information content (AvgIpc) is 2.91. The van der Waals surface area contributed by atoms with Gasteiger partial charge in [0.2, 0.25) is 5.91 Å². The molecule has 7 heteroatoms. The Morgan fingerprint density at radius 3 is 2.12 bits per heavy atom. The Morgan fingerprint density at radius 2 is 1.54 bits per heavy atom. The van der Waals surface area contributed by atoms with Gasteiger partial charge in [0, 0.05) is 18.3 Å². The monoisotopic (exact) mass is 368 g/mol. The van der Waals surface area contributed by atoms with Gasteiger partial charge in [-0.3, -0.25) is 9.59 Å². The van der Waals surface area contributed by atoms with Gasteiger partial charge in [0.25, 0.3) is 5.91 Å². The smallest absolute Gasteiger partial charge is 0.260 e. The summed E-state index contributed by atoms with van der Waals surface area (Å²) < 4.78 is 1.53. The van der Waals surface area contributed by atoms with E-state index < -0.39 is 0 Å². The van der Waals surface area contributed by atoms with Crippen LogP contribution in [0.2, 0.25) is 5.15 Å². The molecule has 3 aromatic rings. The number of aryl methyl sites for hydroxylation is 1. The lowest BCUT2D eigenvalue weighted by atomic mass is 10.2. The minimum atomic E-state index is -0.345. The van der Waals surface area contributed by atoms with Crippen LogP contribution in [-0.4, -0.2) is 21.6 Å². The van der Waals surface area contributed by atoms with E-state index in [1.807, 2.05) is 30.3 Å². The highest BCUT2D eigenvalue weighted by Crippen LogP contribution is 2.25. The number of amides is 2. The molecule has 0 radical (unpaired) electrons. The summed E-state index contributed by atoms with van der Waals surface area (Å²) in [5, 5.41) is 10.1. The summed E-state index contributed by atoms with van der Waals surface area (Å²) >= 11 is 6.40. The van der Waals surface area contributed by atoms with Crippen molar-refractivity contribution >= 4 is 34.8 Å². The molecule has 2 amide bonds. The number of carbonyl (C=O) groups is 2. The second-order valence-corrected chi connectivity index (χ2v) is 6.07. The lowest BCUT2D eigenvalue weighted by Gasteiger charge is -2.07. The van der Waals surface area contributed by atoms with Crippen molar-refractivity contribution in [1.29, 1.82) is 0 Å². The first-order chi connectivity index (χ1) is 12.5. The Labute approximate surface area is 155 Å². The summed E-state index contributed by atoms with van der Waals surface area (Å²) in [4.78, 5) is 23.7. The molecule has 0 aliphatic rings. The number of anilines is 2. The van der Waals surface area contributed by atoms with Crippen molar-refractivity contribution in [2.24, 2.45) is 0 Å². The number of hydrogen-bond donors (Lipinski definition) is 2. The molecule has 0 aliphatic heterocycles. The molecule has 0 saturated heterocycles. The van der Waals surface area contributed by atoms with Crippen LogP contribution in [0, 0.1) is 6.92 Å². The molecule has 132 valence electrons. The molecule has 2 N–H and O–H groups in total. The molecule has 26 heavy (non-hydrogen) atoms. The van der Waals surface area contributed by atoms with Crippen molar-refractivity contribution in [2.45, 2.75) is 13.8 Å². The van der Waals surface area contributed by atoms with Crippen molar-refractivity contribution < 1.29 is 9.59 Å². The molecule has 2 aromatic carbocycles. The van der Waals surface area contributed by atoms with Crippen molar-refractivity contribution in [3.63, 3.8) is 0 Å². The van der Waals surface area contributed by atoms with E-state index in [0.29, 0.717) is 22.6 Å². The van der Waals surface area contributed by atoms with E-state index in [2.05, 4.69) is 15.7 Å². The Bertz CT molecular complexity index is 950. The molecule has 0 fully saturated rings. The van der Waals surface area contributed by atoms with Crippen LogP contribution in [0.25, 0.3) is 5.69 Å². The number of rotatable bonds is 4. The molecular formula is C19H17ClN4O2. The minimum Gasteiger partial charge on any atom is -0.326 e. The quantitative estimate of drug-likeness (QED) is 0.729. The van der Waals surface area contributed by atoms with E-state index in [1.54, 1.807) is 31.2 Å². The normalized spacial score (nSPS) is 10.4. The first-order valence-corrected chi connectivity index (χ1v) is 8.33. The molecule has 0 aliphatic carbocycles. The number of benzene rings is 2. The highest BCUT2D eigenvalue weighted by molar-refractivity contribution is 6.34. The maximum absolute atomic E-state index is 12.6. The van der Waals surface area contributed by atoms with E-state index in [0.717, 1.165) is 5.69 Å². The van der Waals surface area contributed by atoms with Crippen LogP contribution in [-0.2, 0) is 4.79 Å². The van der Waals surface area contributed by atoms with E-state index in [1.165, 1.54) is 11.6 Å². The highest BCUT2D eigenvalue weighted by Gasteiger charge is 2.21.